The Balaban J connectivity index is 1.91. The summed E-state index contributed by atoms with van der Waals surface area (Å²) in [5, 5.41) is 2.95. The van der Waals surface area contributed by atoms with Crippen LogP contribution < -0.4 is 5.32 Å². The normalized spacial score (nSPS) is 19.8. The van der Waals surface area contributed by atoms with Crippen LogP contribution in [-0.2, 0) is 9.59 Å². The van der Waals surface area contributed by atoms with Gasteiger partial charge >= 0.3 is 0 Å². The number of aromatic nitrogens is 4. The Morgan fingerprint density at radius 3 is 2.94 bits per heavy atom. The Morgan fingerprint density at radius 2 is 2.22 bits per heavy atom. The highest BCUT2D eigenvalue weighted by Gasteiger charge is 2.36. The molecule has 2 N–H and O–H groups in total. The van der Waals surface area contributed by atoms with Gasteiger partial charge in [0.1, 0.15) is 17.9 Å². The molecule has 18 heavy (non-hydrogen) atoms. The summed E-state index contributed by atoms with van der Waals surface area (Å²) < 4.78 is 0. The topological polar surface area (TPSA) is 104 Å². The molecule has 2 amide bonds. The quantitative estimate of drug-likeness (QED) is 0.694. The van der Waals surface area contributed by atoms with Crippen molar-refractivity contribution in [1.29, 1.82) is 0 Å². The molecule has 1 unspecified atom stereocenters. The minimum Gasteiger partial charge on any atom is -0.356 e. The first-order chi connectivity index (χ1) is 8.66. The molecule has 0 aromatic carbocycles. The molecule has 8 nitrogen and oxygen atoms in total. The average Bonchev–Trinajstić information content (AvgIpc) is 2.92. The number of aromatic amines is 1. The average molecular weight is 246 g/mol. The molecule has 0 bridgehead atoms. The van der Waals surface area contributed by atoms with Gasteiger partial charge in [-0.15, -0.1) is 0 Å². The SMILES string of the molecule is CN1C(=O)CC(Nc2ncnc3nc[nH]c23)C1=O. The fraction of sp³-hybridized carbons (Fsp3) is 0.300. The van der Waals surface area contributed by atoms with Gasteiger partial charge in [-0.25, -0.2) is 15.0 Å². The number of carbonyl (C=O) groups excluding carboxylic acids is 2. The molecule has 0 aliphatic carbocycles. The van der Waals surface area contributed by atoms with Crippen LogP contribution in [0.3, 0.4) is 0 Å². The standard InChI is InChI=1S/C10H10N6O2/c1-16-6(17)2-5(10(16)18)15-9-7-8(12-3-11-7)13-4-14-9/h3-5H,2H2,1H3,(H2,11,12,13,14,15). The van der Waals surface area contributed by atoms with Crippen LogP contribution in [0.4, 0.5) is 5.82 Å². The second-order valence-corrected chi connectivity index (χ2v) is 4.02. The summed E-state index contributed by atoms with van der Waals surface area (Å²) >= 11 is 0. The maximum absolute atomic E-state index is 11.8. The molecule has 0 saturated carbocycles. The first kappa shape index (κ1) is 10.6. The van der Waals surface area contributed by atoms with E-state index in [2.05, 4.69) is 25.3 Å². The van der Waals surface area contributed by atoms with Crippen LogP contribution in [0.1, 0.15) is 6.42 Å². The number of amides is 2. The third-order valence-electron chi connectivity index (χ3n) is 2.92. The van der Waals surface area contributed by atoms with Crippen molar-refractivity contribution in [1.82, 2.24) is 24.8 Å². The number of fused-ring (bicyclic) bond motifs is 1. The van der Waals surface area contributed by atoms with E-state index in [0.29, 0.717) is 17.0 Å². The summed E-state index contributed by atoms with van der Waals surface area (Å²) in [6.07, 6.45) is 2.99. The molecule has 1 saturated heterocycles. The highest BCUT2D eigenvalue weighted by molar-refractivity contribution is 6.06. The Morgan fingerprint density at radius 1 is 1.39 bits per heavy atom. The summed E-state index contributed by atoms with van der Waals surface area (Å²) in [7, 11) is 1.47. The molecule has 1 aliphatic heterocycles. The van der Waals surface area contributed by atoms with Crippen LogP contribution in [0.5, 0.6) is 0 Å². The van der Waals surface area contributed by atoms with E-state index in [1.54, 1.807) is 0 Å². The predicted octanol–water partition coefficient (Wildman–Crippen LogP) is -0.478. The molecule has 3 rings (SSSR count). The first-order valence-corrected chi connectivity index (χ1v) is 5.38. The van der Waals surface area contributed by atoms with Crippen molar-refractivity contribution in [2.24, 2.45) is 0 Å². The molecular weight excluding hydrogens is 236 g/mol. The molecule has 92 valence electrons. The van der Waals surface area contributed by atoms with Crippen LogP contribution in [0.15, 0.2) is 12.7 Å². The molecule has 0 radical (unpaired) electrons. The monoisotopic (exact) mass is 246 g/mol. The maximum atomic E-state index is 11.8. The van der Waals surface area contributed by atoms with Crippen LogP contribution in [-0.4, -0.2) is 49.7 Å². The summed E-state index contributed by atoms with van der Waals surface area (Å²) in [6.45, 7) is 0. The van der Waals surface area contributed by atoms with Gasteiger partial charge in [0.05, 0.1) is 12.7 Å². The number of anilines is 1. The largest absolute Gasteiger partial charge is 0.356 e. The number of likely N-dealkylation sites (N-methyl/N-ethyl adjacent to an activating group) is 1. The van der Waals surface area contributed by atoms with Gasteiger partial charge in [-0.2, -0.15) is 0 Å². The van der Waals surface area contributed by atoms with E-state index >= 15 is 0 Å². The number of likely N-dealkylation sites (tertiary alicyclic amines) is 1. The van der Waals surface area contributed by atoms with Crippen LogP contribution in [0.25, 0.3) is 11.2 Å². The summed E-state index contributed by atoms with van der Waals surface area (Å²) in [4.78, 5) is 39.2. The van der Waals surface area contributed by atoms with Crippen LogP contribution >= 0.6 is 0 Å². The molecule has 1 atom stereocenters. The van der Waals surface area contributed by atoms with Crippen molar-refractivity contribution < 1.29 is 9.59 Å². The van der Waals surface area contributed by atoms with Gasteiger partial charge in [0.15, 0.2) is 11.5 Å². The van der Waals surface area contributed by atoms with Crippen molar-refractivity contribution in [3.63, 3.8) is 0 Å². The molecule has 1 fully saturated rings. The molecule has 2 aromatic rings. The van der Waals surface area contributed by atoms with Crippen LogP contribution in [0.2, 0.25) is 0 Å². The van der Waals surface area contributed by atoms with E-state index in [1.807, 2.05) is 0 Å². The van der Waals surface area contributed by atoms with E-state index in [1.165, 1.54) is 19.7 Å². The zero-order chi connectivity index (χ0) is 12.7. The fourth-order valence-electron chi connectivity index (χ4n) is 1.91. The van der Waals surface area contributed by atoms with Gasteiger partial charge < -0.3 is 10.3 Å². The summed E-state index contributed by atoms with van der Waals surface area (Å²) in [5.74, 6) is 0.0117. The van der Waals surface area contributed by atoms with Crippen molar-refractivity contribution in [3.8, 4) is 0 Å². The van der Waals surface area contributed by atoms with E-state index in [-0.39, 0.29) is 18.2 Å². The maximum Gasteiger partial charge on any atom is 0.251 e. The fourth-order valence-corrected chi connectivity index (χ4v) is 1.91. The lowest BCUT2D eigenvalue weighted by Crippen LogP contribution is -2.32. The lowest BCUT2D eigenvalue weighted by Gasteiger charge is -2.11. The predicted molar refractivity (Wildman–Crippen MR) is 61.5 cm³/mol. The third-order valence-corrected chi connectivity index (χ3v) is 2.92. The van der Waals surface area contributed by atoms with Gasteiger partial charge in [0.25, 0.3) is 5.91 Å². The van der Waals surface area contributed by atoms with Crippen LogP contribution in [0, 0.1) is 0 Å². The Kier molecular flexibility index (Phi) is 2.22. The zero-order valence-electron chi connectivity index (χ0n) is 9.54. The number of nitrogens with zero attached hydrogens (tertiary/aromatic N) is 4. The summed E-state index contributed by atoms with van der Waals surface area (Å²) in [5.41, 5.74) is 1.13. The smallest absolute Gasteiger partial charge is 0.251 e. The van der Waals surface area contributed by atoms with Crippen molar-refractivity contribution >= 4 is 28.8 Å². The number of imide groups is 1. The van der Waals surface area contributed by atoms with E-state index in [9.17, 15) is 9.59 Å². The Bertz CT molecular complexity index is 636. The molecule has 0 spiro atoms. The molecule has 8 heteroatoms. The highest BCUT2D eigenvalue weighted by atomic mass is 16.2. The number of hydrogen-bond donors (Lipinski definition) is 2. The van der Waals surface area contributed by atoms with Crippen molar-refractivity contribution in [3.05, 3.63) is 12.7 Å². The molecule has 2 aromatic heterocycles. The third kappa shape index (κ3) is 1.50. The number of hydrogen-bond acceptors (Lipinski definition) is 6. The summed E-state index contributed by atoms with van der Waals surface area (Å²) in [6, 6.07) is -0.580. The minimum absolute atomic E-state index is 0.134. The minimum atomic E-state index is -0.580. The van der Waals surface area contributed by atoms with Crippen molar-refractivity contribution in [2.45, 2.75) is 12.5 Å². The Hall–Kier alpha value is -2.51. The number of rotatable bonds is 2. The van der Waals surface area contributed by atoms with Gasteiger partial charge in [-0.05, 0) is 0 Å². The Labute approximate surface area is 101 Å². The second-order valence-electron chi connectivity index (χ2n) is 4.02. The molecule has 1 aliphatic rings. The number of carbonyl (C=O) groups is 2. The second kappa shape index (κ2) is 3.76. The number of nitrogens with one attached hydrogen (secondary N) is 2. The van der Waals surface area contributed by atoms with Gasteiger partial charge in [-0.1, -0.05) is 0 Å². The van der Waals surface area contributed by atoms with Gasteiger partial charge in [-0.3, -0.25) is 14.5 Å². The van der Waals surface area contributed by atoms with Gasteiger partial charge in [0.2, 0.25) is 5.91 Å². The molecule has 3 heterocycles. The van der Waals surface area contributed by atoms with Gasteiger partial charge in [0, 0.05) is 7.05 Å². The number of imidazole rings is 1. The highest BCUT2D eigenvalue weighted by Crippen LogP contribution is 2.19. The van der Waals surface area contributed by atoms with E-state index in [0.717, 1.165) is 4.90 Å². The van der Waals surface area contributed by atoms with E-state index in [4.69, 9.17) is 0 Å². The van der Waals surface area contributed by atoms with E-state index < -0.39 is 6.04 Å². The zero-order valence-corrected chi connectivity index (χ0v) is 9.54. The molecular formula is C10H10N6O2. The number of H-pyrrole nitrogens is 1. The lowest BCUT2D eigenvalue weighted by molar-refractivity contribution is -0.136. The van der Waals surface area contributed by atoms with Crippen molar-refractivity contribution in [2.75, 3.05) is 12.4 Å². The first-order valence-electron chi connectivity index (χ1n) is 5.38. The lowest BCUT2D eigenvalue weighted by atomic mass is 10.2.